The molecule has 0 atom stereocenters. The van der Waals surface area contributed by atoms with Gasteiger partial charge in [-0.05, 0) is 92.2 Å². The number of para-hydroxylation sites is 1. The van der Waals surface area contributed by atoms with Crippen molar-refractivity contribution < 1.29 is 4.74 Å². The van der Waals surface area contributed by atoms with Gasteiger partial charge in [-0.2, -0.15) is 0 Å². The van der Waals surface area contributed by atoms with Crippen molar-refractivity contribution in [2.75, 3.05) is 0 Å². The van der Waals surface area contributed by atoms with Gasteiger partial charge in [0.05, 0.1) is 11.2 Å². The number of ether oxygens (including phenoxy) is 1. The molecule has 0 saturated carbocycles. The highest BCUT2D eigenvalue weighted by Gasteiger charge is 2.23. The number of aromatic nitrogens is 2. The lowest BCUT2D eigenvalue weighted by Gasteiger charge is -2.22. The number of aryl methyl sites for hydroxylation is 1. The first-order valence-electron chi connectivity index (χ1n) is 14.6. The lowest BCUT2D eigenvalue weighted by Crippen LogP contribution is -2.05. The second kappa shape index (κ2) is 9.17. The molecule has 3 nitrogen and oxygen atoms in total. The highest BCUT2D eigenvalue weighted by molar-refractivity contribution is 6.22. The average molecular weight is 551 g/mol. The Bertz CT molecular complexity index is 2370. The lowest BCUT2D eigenvalue weighted by atomic mass is 9.85. The van der Waals surface area contributed by atoms with Crippen molar-refractivity contribution in [3.8, 4) is 50.6 Å². The summed E-state index contributed by atoms with van der Waals surface area (Å²) in [5.74, 6) is 2.63. The maximum Gasteiger partial charge on any atom is 0.153 e. The maximum atomic E-state index is 6.48. The van der Waals surface area contributed by atoms with E-state index in [1.165, 1.54) is 43.8 Å². The maximum absolute atomic E-state index is 6.48. The summed E-state index contributed by atoms with van der Waals surface area (Å²) >= 11 is 0. The Morgan fingerprint density at radius 2 is 1.09 bits per heavy atom. The number of imidazole rings is 1. The standard InChI is InChI=1S/C40H26N2O/c1-25-41-34-17-10-18-36-40(34)42(25)35-22-20-29(24-37(35)43-36)28-19-21-32-33(23-28)39(27-13-6-3-7-14-27)31-16-9-8-15-30(31)38(32)26-11-4-2-5-12-26/h2-24H,1H3. The van der Waals surface area contributed by atoms with E-state index in [2.05, 4.69) is 133 Å². The van der Waals surface area contributed by atoms with E-state index in [4.69, 9.17) is 9.72 Å². The molecule has 3 heteroatoms. The van der Waals surface area contributed by atoms with Gasteiger partial charge in [0.2, 0.25) is 0 Å². The normalized spacial score (nSPS) is 12.0. The second-order valence-electron chi connectivity index (χ2n) is 11.2. The average Bonchev–Trinajstić information content (AvgIpc) is 3.41. The van der Waals surface area contributed by atoms with Crippen LogP contribution in [0.25, 0.3) is 71.6 Å². The van der Waals surface area contributed by atoms with E-state index in [1.807, 2.05) is 18.2 Å². The van der Waals surface area contributed by atoms with Gasteiger partial charge in [0.15, 0.2) is 11.5 Å². The third-order valence-electron chi connectivity index (χ3n) is 8.71. The Morgan fingerprint density at radius 3 is 1.81 bits per heavy atom. The van der Waals surface area contributed by atoms with Gasteiger partial charge in [-0.15, -0.1) is 0 Å². The first-order valence-corrected chi connectivity index (χ1v) is 14.6. The first-order chi connectivity index (χ1) is 21.2. The Kier molecular flexibility index (Phi) is 5.11. The fraction of sp³-hybridized carbons (Fsp3) is 0.0250. The van der Waals surface area contributed by atoms with Gasteiger partial charge in [0, 0.05) is 0 Å². The summed E-state index contributed by atoms with van der Waals surface area (Å²) in [6.45, 7) is 2.05. The zero-order valence-corrected chi connectivity index (χ0v) is 23.6. The van der Waals surface area contributed by atoms with Crippen molar-refractivity contribution in [3.63, 3.8) is 0 Å². The summed E-state index contributed by atoms with van der Waals surface area (Å²) < 4.78 is 8.69. The van der Waals surface area contributed by atoms with Crippen molar-refractivity contribution in [1.82, 2.24) is 9.55 Å². The Labute approximate surface area is 249 Å². The van der Waals surface area contributed by atoms with Crippen LogP contribution in [0.3, 0.4) is 0 Å². The van der Waals surface area contributed by atoms with Crippen molar-refractivity contribution in [2.24, 2.45) is 0 Å². The largest absolute Gasteiger partial charge is 0.453 e. The minimum atomic E-state index is 0.838. The predicted molar refractivity (Wildman–Crippen MR) is 177 cm³/mol. The smallest absolute Gasteiger partial charge is 0.153 e. The van der Waals surface area contributed by atoms with Crippen molar-refractivity contribution in [2.45, 2.75) is 6.92 Å². The van der Waals surface area contributed by atoms with Crippen molar-refractivity contribution in [3.05, 3.63) is 145 Å². The monoisotopic (exact) mass is 550 g/mol. The molecule has 0 saturated heterocycles. The van der Waals surface area contributed by atoms with Crippen LogP contribution in [0.4, 0.5) is 0 Å². The molecule has 7 aromatic carbocycles. The van der Waals surface area contributed by atoms with Crippen LogP contribution in [0.5, 0.6) is 11.5 Å². The van der Waals surface area contributed by atoms with E-state index in [1.54, 1.807) is 0 Å². The van der Waals surface area contributed by atoms with E-state index in [0.29, 0.717) is 0 Å². The topological polar surface area (TPSA) is 27.1 Å². The summed E-state index contributed by atoms with van der Waals surface area (Å²) in [5.41, 5.74) is 10.2. The van der Waals surface area contributed by atoms with E-state index in [0.717, 1.165) is 45.2 Å². The minimum Gasteiger partial charge on any atom is -0.453 e. The van der Waals surface area contributed by atoms with Crippen LogP contribution < -0.4 is 4.74 Å². The third-order valence-corrected chi connectivity index (χ3v) is 8.71. The SMILES string of the molecule is Cc1nc2cccc3c2n1-c1ccc(-c2ccc4c(-c5ccccc5)c5ccccc5c(-c5ccccc5)c4c2)cc1O3. The fourth-order valence-electron chi connectivity index (χ4n) is 6.86. The van der Waals surface area contributed by atoms with Gasteiger partial charge < -0.3 is 4.74 Å². The zero-order valence-electron chi connectivity index (χ0n) is 23.6. The molecule has 2 heterocycles. The highest BCUT2D eigenvalue weighted by Crippen LogP contribution is 2.46. The summed E-state index contributed by atoms with van der Waals surface area (Å²) in [6.07, 6.45) is 0. The van der Waals surface area contributed by atoms with Gasteiger partial charge in [0.25, 0.3) is 0 Å². The van der Waals surface area contributed by atoms with E-state index >= 15 is 0 Å². The molecule has 0 N–H and O–H groups in total. The molecule has 0 radical (unpaired) electrons. The van der Waals surface area contributed by atoms with Crippen LogP contribution >= 0.6 is 0 Å². The van der Waals surface area contributed by atoms with Crippen molar-refractivity contribution >= 4 is 32.6 Å². The molecule has 1 aromatic heterocycles. The van der Waals surface area contributed by atoms with Crippen LogP contribution in [0.2, 0.25) is 0 Å². The molecule has 0 bridgehead atoms. The molecule has 0 aliphatic carbocycles. The summed E-state index contributed by atoms with van der Waals surface area (Å²) in [7, 11) is 0. The quantitative estimate of drug-likeness (QED) is 0.205. The van der Waals surface area contributed by atoms with E-state index in [-0.39, 0.29) is 0 Å². The Hall–Kier alpha value is -5.67. The second-order valence-corrected chi connectivity index (χ2v) is 11.2. The highest BCUT2D eigenvalue weighted by atomic mass is 16.5. The molecule has 0 amide bonds. The molecule has 8 aromatic rings. The number of fused-ring (bicyclic) bond motifs is 4. The van der Waals surface area contributed by atoms with Crippen LogP contribution in [0.1, 0.15) is 5.82 Å². The van der Waals surface area contributed by atoms with Gasteiger partial charge in [-0.1, -0.05) is 109 Å². The molecule has 0 fully saturated rings. The van der Waals surface area contributed by atoms with Crippen LogP contribution in [0, 0.1) is 6.92 Å². The first kappa shape index (κ1) is 24.0. The number of benzene rings is 7. The van der Waals surface area contributed by atoms with Gasteiger partial charge >= 0.3 is 0 Å². The minimum absolute atomic E-state index is 0.838. The van der Waals surface area contributed by atoms with E-state index in [9.17, 15) is 0 Å². The van der Waals surface area contributed by atoms with Crippen LogP contribution in [-0.2, 0) is 0 Å². The summed E-state index contributed by atoms with van der Waals surface area (Å²) in [6, 6.07) is 49.8. The van der Waals surface area contributed by atoms with Gasteiger partial charge in [-0.25, -0.2) is 4.98 Å². The van der Waals surface area contributed by atoms with Gasteiger partial charge in [0.1, 0.15) is 11.3 Å². The number of nitrogens with zero attached hydrogens (tertiary/aromatic N) is 2. The molecule has 202 valence electrons. The van der Waals surface area contributed by atoms with E-state index < -0.39 is 0 Å². The number of hydrogen-bond acceptors (Lipinski definition) is 2. The molecular formula is C40H26N2O. The van der Waals surface area contributed by atoms with Crippen LogP contribution in [-0.4, -0.2) is 9.55 Å². The summed E-state index contributed by atoms with van der Waals surface area (Å²) in [4.78, 5) is 4.78. The van der Waals surface area contributed by atoms with Crippen molar-refractivity contribution in [1.29, 1.82) is 0 Å². The summed E-state index contributed by atoms with van der Waals surface area (Å²) in [5, 5.41) is 4.99. The van der Waals surface area contributed by atoms with Gasteiger partial charge in [-0.3, -0.25) is 4.57 Å². The molecule has 43 heavy (non-hydrogen) atoms. The Balaban J connectivity index is 1.31. The third kappa shape index (κ3) is 3.58. The number of rotatable bonds is 3. The Morgan fingerprint density at radius 1 is 0.488 bits per heavy atom. The molecule has 1 aliphatic rings. The number of hydrogen-bond donors (Lipinski definition) is 0. The molecule has 1 aliphatic heterocycles. The molecule has 0 spiro atoms. The zero-order chi connectivity index (χ0) is 28.5. The van der Waals surface area contributed by atoms with Crippen LogP contribution in [0.15, 0.2) is 140 Å². The molecule has 9 rings (SSSR count). The molecule has 0 unspecified atom stereocenters. The lowest BCUT2D eigenvalue weighted by molar-refractivity contribution is 0.475. The molecular weight excluding hydrogens is 524 g/mol. The predicted octanol–water partition coefficient (Wildman–Crippen LogP) is 10.7. The fourth-order valence-corrected chi connectivity index (χ4v) is 6.86.